The molecule has 0 spiro atoms. The van der Waals surface area contributed by atoms with E-state index in [9.17, 15) is 0 Å². The molecule has 0 heterocycles. The number of hydrogen-bond acceptors (Lipinski definition) is 3. The highest BCUT2D eigenvalue weighted by molar-refractivity contribution is 4.45. The van der Waals surface area contributed by atoms with Crippen LogP contribution < -0.4 is 0 Å². The average Bonchev–Trinajstić information content (AvgIpc) is 2.05. The zero-order chi connectivity index (χ0) is 9.40. The van der Waals surface area contributed by atoms with Crippen LogP contribution in [0.15, 0.2) is 0 Å². The van der Waals surface area contributed by atoms with Gasteiger partial charge in [-0.25, -0.2) is 0 Å². The molecule has 0 rings (SSSR count). The topological polar surface area (TPSA) is 38.7 Å². The summed E-state index contributed by atoms with van der Waals surface area (Å²) in [5.74, 6) is 0. The van der Waals surface area contributed by atoms with Crippen molar-refractivity contribution >= 4 is 0 Å². The van der Waals surface area contributed by atoms with Gasteiger partial charge in [-0.15, -0.1) is 0 Å². The molecule has 0 bridgehead atoms. The fourth-order valence-electron chi connectivity index (χ4n) is 0.803. The number of aliphatic hydroxyl groups excluding tert-OH is 1. The molecule has 0 radical (unpaired) electrons. The van der Waals surface area contributed by atoms with E-state index in [1.165, 1.54) is 0 Å². The summed E-state index contributed by atoms with van der Waals surface area (Å²) in [4.78, 5) is 0. The zero-order valence-corrected chi connectivity index (χ0v) is 8.25. The van der Waals surface area contributed by atoms with Gasteiger partial charge in [0.05, 0.1) is 12.7 Å². The van der Waals surface area contributed by atoms with Gasteiger partial charge in [0, 0.05) is 6.61 Å². The van der Waals surface area contributed by atoms with Crippen LogP contribution in [-0.2, 0) is 9.47 Å². The lowest BCUT2D eigenvalue weighted by molar-refractivity contribution is -0.163. The molecule has 0 aromatic heterocycles. The Balaban J connectivity index is 3.26. The summed E-state index contributed by atoms with van der Waals surface area (Å²) in [6.07, 6.45) is 1.84. The first kappa shape index (κ1) is 11.9. The van der Waals surface area contributed by atoms with Crippen LogP contribution in [0, 0.1) is 0 Å². The van der Waals surface area contributed by atoms with Gasteiger partial charge in [0.25, 0.3) is 0 Å². The van der Waals surface area contributed by atoms with Gasteiger partial charge in [0.15, 0.2) is 6.29 Å². The maximum atomic E-state index is 8.67. The number of aliphatic hydroxyl groups is 1. The quantitative estimate of drug-likeness (QED) is 0.472. The molecule has 3 nitrogen and oxygen atoms in total. The smallest absolute Gasteiger partial charge is 0.155 e. The first-order valence-electron chi connectivity index (χ1n) is 4.58. The SMILES string of the molecule is CCCCOC(C)OC(C)CO. The van der Waals surface area contributed by atoms with Crippen LogP contribution >= 0.6 is 0 Å². The maximum absolute atomic E-state index is 8.67. The van der Waals surface area contributed by atoms with E-state index in [2.05, 4.69) is 6.92 Å². The van der Waals surface area contributed by atoms with Crippen molar-refractivity contribution in [2.24, 2.45) is 0 Å². The van der Waals surface area contributed by atoms with E-state index in [-0.39, 0.29) is 19.0 Å². The average molecular weight is 176 g/mol. The van der Waals surface area contributed by atoms with Crippen molar-refractivity contribution in [2.45, 2.75) is 46.0 Å². The number of hydrogen-bond donors (Lipinski definition) is 1. The van der Waals surface area contributed by atoms with E-state index >= 15 is 0 Å². The molecule has 1 N–H and O–H groups in total. The highest BCUT2D eigenvalue weighted by atomic mass is 16.7. The van der Waals surface area contributed by atoms with Crippen molar-refractivity contribution in [3.63, 3.8) is 0 Å². The van der Waals surface area contributed by atoms with Crippen LogP contribution in [0.5, 0.6) is 0 Å². The second-order valence-electron chi connectivity index (χ2n) is 2.92. The Morgan fingerprint density at radius 2 is 2.00 bits per heavy atom. The van der Waals surface area contributed by atoms with Crippen molar-refractivity contribution in [3.8, 4) is 0 Å². The van der Waals surface area contributed by atoms with E-state index in [1.807, 2.05) is 13.8 Å². The molecule has 2 atom stereocenters. The monoisotopic (exact) mass is 176 g/mol. The lowest BCUT2D eigenvalue weighted by Crippen LogP contribution is -2.22. The Morgan fingerprint density at radius 1 is 1.33 bits per heavy atom. The largest absolute Gasteiger partial charge is 0.394 e. The predicted octanol–water partition coefficient (Wildman–Crippen LogP) is 1.55. The minimum Gasteiger partial charge on any atom is -0.394 e. The molecule has 0 aromatic rings. The Labute approximate surface area is 74.7 Å². The Hall–Kier alpha value is -0.120. The summed E-state index contributed by atoms with van der Waals surface area (Å²) < 4.78 is 10.6. The lowest BCUT2D eigenvalue weighted by Gasteiger charge is -2.17. The normalized spacial score (nSPS) is 16.0. The summed E-state index contributed by atoms with van der Waals surface area (Å²) in [6.45, 7) is 6.56. The Bertz CT molecular complexity index is 95.8. The van der Waals surface area contributed by atoms with Crippen molar-refractivity contribution in [1.82, 2.24) is 0 Å². The van der Waals surface area contributed by atoms with Crippen LogP contribution in [0.3, 0.4) is 0 Å². The molecule has 0 saturated heterocycles. The summed E-state index contributed by atoms with van der Waals surface area (Å²) in [7, 11) is 0. The van der Waals surface area contributed by atoms with Crippen LogP contribution in [0.1, 0.15) is 33.6 Å². The highest BCUT2D eigenvalue weighted by Crippen LogP contribution is 2.00. The van der Waals surface area contributed by atoms with Crippen molar-refractivity contribution in [2.75, 3.05) is 13.2 Å². The van der Waals surface area contributed by atoms with Gasteiger partial charge in [-0.2, -0.15) is 0 Å². The van der Waals surface area contributed by atoms with E-state index in [1.54, 1.807) is 0 Å². The van der Waals surface area contributed by atoms with Gasteiger partial charge in [-0.05, 0) is 20.3 Å². The summed E-state index contributed by atoms with van der Waals surface area (Å²) >= 11 is 0. The summed E-state index contributed by atoms with van der Waals surface area (Å²) in [6, 6.07) is 0. The Morgan fingerprint density at radius 3 is 2.50 bits per heavy atom. The van der Waals surface area contributed by atoms with Gasteiger partial charge in [-0.3, -0.25) is 0 Å². The van der Waals surface area contributed by atoms with E-state index in [4.69, 9.17) is 14.6 Å². The van der Waals surface area contributed by atoms with Crippen LogP contribution in [0.4, 0.5) is 0 Å². The molecule has 2 unspecified atom stereocenters. The second kappa shape index (κ2) is 7.53. The van der Waals surface area contributed by atoms with E-state index in [0.717, 1.165) is 19.4 Å². The lowest BCUT2D eigenvalue weighted by atomic mass is 10.4. The van der Waals surface area contributed by atoms with Crippen LogP contribution in [0.25, 0.3) is 0 Å². The maximum Gasteiger partial charge on any atom is 0.155 e. The Kier molecular flexibility index (Phi) is 7.45. The van der Waals surface area contributed by atoms with Crippen molar-refractivity contribution in [1.29, 1.82) is 0 Å². The van der Waals surface area contributed by atoms with Crippen molar-refractivity contribution < 1.29 is 14.6 Å². The minimum atomic E-state index is -0.210. The standard InChI is InChI=1S/C9H20O3/c1-4-5-6-11-9(3)12-8(2)7-10/h8-10H,4-7H2,1-3H3. The van der Waals surface area contributed by atoms with E-state index in [0.29, 0.717) is 0 Å². The van der Waals surface area contributed by atoms with Gasteiger partial charge < -0.3 is 14.6 Å². The number of rotatable bonds is 7. The molecular weight excluding hydrogens is 156 g/mol. The van der Waals surface area contributed by atoms with Crippen LogP contribution in [0.2, 0.25) is 0 Å². The summed E-state index contributed by atoms with van der Waals surface area (Å²) in [5, 5.41) is 8.67. The highest BCUT2D eigenvalue weighted by Gasteiger charge is 2.06. The minimum absolute atomic E-state index is 0.0431. The fraction of sp³-hybridized carbons (Fsp3) is 1.00. The van der Waals surface area contributed by atoms with Crippen molar-refractivity contribution in [3.05, 3.63) is 0 Å². The van der Waals surface area contributed by atoms with Gasteiger partial charge in [0.1, 0.15) is 0 Å². The molecular formula is C9H20O3. The second-order valence-corrected chi connectivity index (χ2v) is 2.92. The van der Waals surface area contributed by atoms with E-state index < -0.39 is 0 Å². The first-order chi connectivity index (χ1) is 5.70. The molecule has 0 saturated carbocycles. The predicted molar refractivity (Wildman–Crippen MR) is 48.0 cm³/mol. The van der Waals surface area contributed by atoms with Crippen LogP contribution in [-0.4, -0.2) is 30.7 Å². The fourth-order valence-corrected chi connectivity index (χ4v) is 0.803. The molecule has 74 valence electrons. The van der Waals surface area contributed by atoms with Gasteiger partial charge in [-0.1, -0.05) is 13.3 Å². The molecule has 0 amide bonds. The third kappa shape index (κ3) is 6.58. The molecule has 3 heteroatoms. The number of unbranched alkanes of at least 4 members (excludes halogenated alkanes) is 1. The molecule has 0 aliphatic rings. The molecule has 0 aliphatic carbocycles. The molecule has 12 heavy (non-hydrogen) atoms. The van der Waals surface area contributed by atoms with Gasteiger partial charge in [0.2, 0.25) is 0 Å². The third-order valence-corrected chi connectivity index (χ3v) is 1.53. The summed E-state index contributed by atoms with van der Waals surface area (Å²) in [5.41, 5.74) is 0. The molecule has 0 aliphatic heterocycles. The zero-order valence-electron chi connectivity index (χ0n) is 8.25. The first-order valence-corrected chi connectivity index (χ1v) is 4.58. The molecule has 0 aromatic carbocycles. The number of ether oxygens (including phenoxy) is 2. The van der Waals surface area contributed by atoms with Gasteiger partial charge >= 0.3 is 0 Å². The third-order valence-electron chi connectivity index (χ3n) is 1.53. The molecule has 0 fully saturated rings.